The van der Waals surface area contributed by atoms with E-state index in [4.69, 9.17) is 29.3 Å². The molecule has 0 unspecified atom stereocenters. The van der Waals surface area contributed by atoms with Crippen LogP contribution >= 0.6 is 0 Å². The average molecular weight is 504 g/mol. The number of anilines is 1. The van der Waals surface area contributed by atoms with Crippen LogP contribution in [0.25, 0.3) is 11.3 Å². The van der Waals surface area contributed by atoms with Gasteiger partial charge in [-0.05, 0) is 54.4 Å². The van der Waals surface area contributed by atoms with Crippen molar-refractivity contribution in [2.45, 2.75) is 20.1 Å². The third kappa shape index (κ3) is 8.14. The van der Waals surface area contributed by atoms with E-state index in [1.807, 2.05) is 62.6 Å². The third-order valence-corrected chi connectivity index (χ3v) is 5.25. The van der Waals surface area contributed by atoms with E-state index in [0.29, 0.717) is 19.8 Å². The molecule has 4 aromatic rings. The van der Waals surface area contributed by atoms with Crippen LogP contribution in [-0.4, -0.2) is 38.3 Å². The number of carboxylic acids is 2. The lowest BCUT2D eigenvalue weighted by molar-refractivity contribution is -0.159. The first kappa shape index (κ1) is 26.8. The Bertz CT molecular complexity index is 1270. The van der Waals surface area contributed by atoms with Gasteiger partial charge in [0, 0.05) is 19.2 Å². The van der Waals surface area contributed by atoms with Crippen LogP contribution in [0, 0.1) is 0 Å². The molecule has 0 radical (unpaired) electrons. The number of imidazole rings is 1. The number of benzene rings is 3. The Morgan fingerprint density at radius 1 is 0.838 bits per heavy atom. The molecular weight excluding hydrogens is 474 g/mol. The molecule has 3 aromatic carbocycles. The normalized spacial score (nSPS) is 10.1. The van der Waals surface area contributed by atoms with Crippen LogP contribution in [0.4, 0.5) is 5.95 Å². The van der Waals surface area contributed by atoms with Crippen LogP contribution in [0.1, 0.15) is 18.1 Å². The molecule has 0 aliphatic heterocycles. The Morgan fingerprint density at radius 3 is 2.03 bits per heavy atom. The number of hydrogen-bond donors (Lipinski definition) is 3. The highest BCUT2D eigenvalue weighted by atomic mass is 16.5. The Kier molecular flexibility index (Phi) is 9.66. The number of ether oxygens (including phenoxy) is 2. The quantitative estimate of drug-likeness (QED) is 0.278. The van der Waals surface area contributed by atoms with Gasteiger partial charge in [0.05, 0.1) is 18.5 Å². The molecule has 9 heteroatoms. The Hall–Kier alpha value is -4.79. The van der Waals surface area contributed by atoms with Gasteiger partial charge in [0.2, 0.25) is 5.95 Å². The van der Waals surface area contributed by atoms with Crippen LogP contribution in [0.15, 0.2) is 85.1 Å². The van der Waals surface area contributed by atoms with E-state index >= 15 is 0 Å². The van der Waals surface area contributed by atoms with Crippen molar-refractivity contribution in [2.24, 2.45) is 7.05 Å². The number of carboxylic acid groups (broad SMARTS) is 2. The van der Waals surface area contributed by atoms with E-state index in [0.717, 1.165) is 39.8 Å². The van der Waals surface area contributed by atoms with E-state index in [9.17, 15) is 0 Å². The predicted molar refractivity (Wildman–Crippen MR) is 140 cm³/mol. The molecule has 0 fully saturated rings. The zero-order chi connectivity index (χ0) is 26.6. The van der Waals surface area contributed by atoms with Gasteiger partial charge in [-0.2, -0.15) is 0 Å². The van der Waals surface area contributed by atoms with Gasteiger partial charge in [-0.1, -0.05) is 42.5 Å². The first-order valence-corrected chi connectivity index (χ1v) is 11.6. The molecule has 0 aliphatic rings. The van der Waals surface area contributed by atoms with Crippen LogP contribution in [0.5, 0.6) is 11.5 Å². The summed E-state index contributed by atoms with van der Waals surface area (Å²) in [5.74, 6) is -1.08. The van der Waals surface area contributed by atoms with Crippen molar-refractivity contribution in [1.82, 2.24) is 9.55 Å². The number of carbonyl (C=O) groups is 2. The molecule has 0 atom stereocenters. The predicted octanol–water partition coefficient (Wildman–Crippen LogP) is 4.83. The molecule has 192 valence electrons. The number of rotatable bonds is 9. The third-order valence-electron chi connectivity index (χ3n) is 5.25. The summed E-state index contributed by atoms with van der Waals surface area (Å²) in [4.78, 5) is 22.7. The monoisotopic (exact) mass is 503 g/mol. The van der Waals surface area contributed by atoms with Gasteiger partial charge >= 0.3 is 11.9 Å². The summed E-state index contributed by atoms with van der Waals surface area (Å²) in [5, 5.41) is 18.2. The minimum absolute atomic E-state index is 0.569. The SMILES string of the molecule is CCOc1ccc(-c2cnc(NCc3ccc(OCc4ccccc4)cc3)n2C)cc1.O=C(O)C(=O)O. The molecular formula is C28H29N3O6. The second-order valence-corrected chi connectivity index (χ2v) is 7.87. The maximum Gasteiger partial charge on any atom is 0.414 e. The molecule has 0 saturated carbocycles. The summed E-state index contributed by atoms with van der Waals surface area (Å²) >= 11 is 0. The molecule has 0 aliphatic carbocycles. The van der Waals surface area contributed by atoms with Crippen molar-refractivity contribution in [3.8, 4) is 22.8 Å². The maximum absolute atomic E-state index is 9.10. The molecule has 1 aromatic heterocycles. The zero-order valence-corrected chi connectivity index (χ0v) is 20.6. The van der Waals surface area contributed by atoms with Crippen molar-refractivity contribution >= 4 is 17.9 Å². The van der Waals surface area contributed by atoms with Crippen LogP contribution in [-0.2, 0) is 29.8 Å². The Balaban J connectivity index is 0.000000568. The van der Waals surface area contributed by atoms with Crippen LogP contribution in [0.2, 0.25) is 0 Å². The largest absolute Gasteiger partial charge is 0.494 e. The summed E-state index contributed by atoms with van der Waals surface area (Å²) in [6.07, 6.45) is 1.89. The lowest BCUT2D eigenvalue weighted by Crippen LogP contribution is -2.09. The number of aliphatic carboxylic acids is 2. The molecule has 3 N–H and O–H groups in total. The first-order valence-electron chi connectivity index (χ1n) is 11.6. The van der Waals surface area contributed by atoms with Gasteiger partial charge in [0.25, 0.3) is 0 Å². The summed E-state index contributed by atoms with van der Waals surface area (Å²) in [6, 6.07) is 26.4. The number of nitrogens with zero attached hydrogens (tertiary/aromatic N) is 2. The highest BCUT2D eigenvalue weighted by Crippen LogP contribution is 2.25. The van der Waals surface area contributed by atoms with E-state index in [2.05, 4.69) is 51.3 Å². The van der Waals surface area contributed by atoms with Gasteiger partial charge in [0.15, 0.2) is 0 Å². The van der Waals surface area contributed by atoms with E-state index in [-0.39, 0.29) is 0 Å². The second kappa shape index (κ2) is 13.3. The highest BCUT2D eigenvalue weighted by molar-refractivity contribution is 6.27. The van der Waals surface area contributed by atoms with Crippen LogP contribution in [0.3, 0.4) is 0 Å². The van der Waals surface area contributed by atoms with E-state index in [1.54, 1.807) is 0 Å². The van der Waals surface area contributed by atoms with Gasteiger partial charge in [-0.3, -0.25) is 0 Å². The smallest absolute Gasteiger partial charge is 0.414 e. The minimum Gasteiger partial charge on any atom is -0.494 e. The standard InChI is InChI=1S/C26H27N3O2.C2H2O4/c1-3-30-23-15-11-22(12-16-23)25-18-28-26(29(25)2)27-17-20-9-13-24(14-10-20)31-19-21-7-5-4-6-8-21;3-1(4)2(5)6/h4-16,18H,3,17,19H2,1-2H3,(H,27,28);(H,3,4)(H,5,6). The average Bonchev–Trinajstić information content (AvgIpc) is 3.28. The Labute approximate surface area is 214 Å². The van der Waals surface area contributed by atoms with E-state index < -0.39 is 11.9 Å². The maximum atomic E-state index is 9.10. The molecule has 9 nitrogen and oxygen atoms in total. The Morgan fingerprint density at radius 2 is 1.43 bits per heavy atom. The van der Waals surface area contributed by atoms with Gasteiger partial charge in [-0.15, -0.1) is 0 Å². The summed E-state index contributed by atoms with van der Waals surface area (Å²) in [5.41, 5.74) is 4.48. The van der Waals surface area contributed by atoms with Gasteiger partial charge in [-0.25, -0.2) is 14.6 Å². The molecule has 0 saturated heterocycles. The van der Waals surface area contributed by atoms with Crippen LogP contribution < -0.4 is 14.8 Å². The molecule has 37 heavy (non-hydrogen) atoms. The zero-order valence-electron chi connectivity index (χ0n) is 20.6. The number of aromatic nitrogens is 2. The van der Waals surface area contributed by atoms with Crippen molar-refractivity contribution in [3.63, 3.8) is 0 Å². The van der Waals surface area contributed by atoms with Gasteiger partial charge < -0.3 is 29.6 Å². The van der Waals surface area contributed by atoms with E-state index in [1.165, 1.54) is 0 Å². The number of hydrogen-bond acceptors (Lipinski definition) is 6. The fraction of sp³-hybridized carbons (Fsp3) is 0.179. The lowest BCUT2D eigenvalue weighted by atomic mass is 10.1. The van der Waals surface area contributed by atoms with Crippen molar-refractivity contribution in [2.75, 3.05) is 11.9 Å². The minimum atomic E-state index is -1.82. The summed E-state index contributed by atoms with van der Waals surface area (Å²) in [6.45, 7) is 3.91. The van der Waals surface area contributed by atoms with Crippen molar-refractivity contribution < 1.29 is 29.3 Å². The topological polar surface area (TPSA) is 123 Å². The fourth-order valence-corrected chi connectivity index (χ4v) is 3.36. The van der Waals surface area contributed by atoms with Crippen molar-refractivity contribution in [3.05, 3.63) is 96.2 Å². The number of nitrogens with one attached hydrogen (secondary N) is 1. The molecule has 1 heterocycles. The van der Waals surface area contributed by atoms with Gasteiger partial charge in [0.1, 0.15) is 18.1 Å². The lowest BCUT2D eigenvalue weighted by Gasteiger charge is -2.10. The molecule has 4 rings (SSSR count). The summed E-state index contributed by atoms with van der Waals surface area (Å²) in [7, 11) is 2.02. The molecule has 0 amide bonds. The second-order valence-electron chi connectivity index (χ2n) is 7.87. The first-order chi connectivity index (χ1) is 17.9. The fourth-order valence-electron chi connectivity index (χ4n) is 3.36. The summed E-state index contributed by atoms with van der Waals surface area (Å²) < 4.78 is 13.4. The van der Waals surface area contributed by atoms with Crippen molar-refractivity contribution in [1.29, 1.82) is 0 Å². The molecule has 0 spiro atoms. The highest BCUT2D eigenvalue weighted by Gasteiger charge is 2.09. The molecule has 0 bridgehead atoms.